The molecule has 3 rings (SSSR count). The Bertz CT molecular complexity index is 647. The van der Waals surface area contributed by atoms with Crippen molar-refractivity contribution in [2.24, 2.45) is 0 Å². The van der Waals surface area contributed by atoms with Crippen LogP contribution in [0, 0.1) is 6.92 Å². The maximum absolute atomic E-state index is 12.0. The zero-order chi connectivity index (χ0) is 15.4. The van der Waals surface area contributed by atoms with Crippen LogP contribution >= 0.6 is 11.3 Å². The molecule has 2 heterocycles. The summed E-state index contributed by atoms with van der Waals surface area (Å²) < 4.78 is 6.89. The van der Waals surface area contributed by atoms with Crippen molar-refractivity contribution in [3.63, 3.8) is 0 Å². The molecule has 0 aliphatic carbocycles. The van der Waals surface area contributed by atoms with Gasteiger partial charge in [0.15, 0.2) is 0 Å². The summed E-state index contributed by atoms with van der Waals surface area (Å²) in [5, 5.41) is 4.54. The van der Waals surface area contributed by atoms with E-state index in [1.807, 2.05) is 16.2 Å². The highest BCUT2D eigenvalue weighted by atomic mass is 32.1. The van der Waals surface area contributed by atoms with E-state index in [2.05, 4.69) is 36.5 Å². The Morgan fingerprint density at radius 2 is 2.14 bits per heavy atom. The van der Waals surface area contributed by atoms with Gasteiger partial charge in [0.25, 0.3) is 0 Å². The molecule has 0 bridgehead atoms. The van der Waals surface area contributed by atoms with E-state index in [9.17, 15) is 4.79 Å². The molecule has 4 nitrogen and oxygen atoms in total. The molecular formula is C17H22N2O2S. The van der Waals surface area contributed by atoms with Gasteiger partial charge in [-0.3, -0.25) is 4.79 Å². The minimum Gasteiger partial charge on any atom is -0.371 e. The zero-order valence-corrected chi connectivity index (χ0v) is 13.7. The molecule has 22 heavy (non-hydrogen) atoms. The monoisotopic (exact) mass is 318 g/mol. The average Bonchev–Trinajstić information content (AvgIpc) is 2.91. The van der Waals surface area contributed by atoms with Crippen molar-refractivity contribution < 1.29 is 9.53 Å². The quantitative estimate of drug-likeness (QED) is 0.860. The van der Waals surface area contributed by atoms with Crippen LogP contribution in [0.1, 0.15) is 10.4 Å². The molecule has 1 fully saturated rings. The van der Waals surface area contributed by atoms with Crippen LogP contribution < -0.4 is 5.32 Å². The number of ether oxygens (including phenoxy) is 1. The van der Waals surface area contributed by atoms with Crippen LogP contribution in [0.25, 0.3) is 10.1 Å². The van der Waals surface area contributed by atoms with Crippen LogP contribution in [-0.4, -0.2) is 50.2 Å². The van der Waals surface area contributed by atoms with Gasteiger partial charge in [0, 0.05) is 35.8 Å². The number of fused-ring (bicyclic) bond motifs is 1. The Balaban J connectivity index is 1.44. The predicted octanol–water partition coefficient (Wildman–Crippen LogP) is 2.20. The minimum atomic E-state index is 0.102. The SMILES string of the molecule is Cc1cc2cc(CCOCC(=O)N3CCNCC3)ccc2s1. The third-order valence-electron chi connectivity index (χ3n) is 3.93. The van der Waals surface area contributed by atoms with Crippen molar-refractivity contribution in [3.8, 4) is 0 Å². The van der Waals surface area contributed by atoms with Crippen molar-refractivity contribution in [3.05, 3.63) is 34.7 Å². The molecule has 0 saturated carbocycles. The smallest absolute Gasteiger partial charge is 0.248 e. The topological polar surface area (TPSA) is 41.6 Å². The molecule has 1 aliphatic rings. The molecule has 118 valence electrons. The Hall–Kier alpha value is -1.43. The van der Waals surface area contributed by atoms with Gasteiger partial charge in [-0.1, -0.05) is 12.1 Å². The number of aryl methyl sites for hydroxylation is 1. The van der Waals surface area contributed by atoms with Gasteiger partial charge in [0.05, 0.1) is 6.61 Å². The normalized spacial score (nSPS) is 15.4. The van der Waals surface area contributed by atoms with E-state index in [1.165, 1.54) is 20.5 Å². The maximum Gasteiger partial charge on any atom is 0.248 e. The summed E-state index contributed by atoms with van der Waals surface area (Å²) in [7, 11) is 0. The van der Waals surface area contributed by atoms with Crippen LogP contribution in [0.3, 0.4) is 0 Å². The van der Waals surface area contributed by atoms with Crippen LogP contribution in [0.2, 0.25) is 0 Å². The summed E-state index contributed by atoms with van der Waals surface area (Å²) in [6.07, 6.45) is 0.847. The third kappa shape index (κ3) is 3.85. The van der Waals surface area contributed by atoms with E-state index in [4.69, 9.17) is 4.74 Å². The second-order valence-corrected chi connectivity index (χ2v) is 6.95. The van der Waals surface area contributed by atoms with E-state index in [1.54, 1.807) is 0 Å². The number of amides is 1. The molecule has 0 atom stereocenters. The number of nitrogens with zero attached hydrogens (tertiary/aromatic N) is 1. The van der Waals surface area contributed by atoms with Crippen LogP contribution in [0.15, 0.2) is 24.3 Å². The largest absolute Gasteiger partial charge is 0.371 e. The summed E-state index contributed by atoms with van der Waals surface area (Å²) in [5.41, 5.74) is 1.26. The summed E-state index contributed by atoms with van der Waals surface area (Å²) in [6.45, 7) is 6.26. The van der Waals surface area contributed by atoms with E-state index >= 15 is 0 Å². The molecule has 0 unspecified atom stereocenters. The highest BCUT2D eigenvalue weighted by Gasteiger charge is 2.15. The highest BCUT2D eigenvalue weighted by molar-refractivity contribution is 7.19. The van der Waals surface area contributed by atoms with Crippen molar-refractivity contribution in [1.29, 1.82) is 0 Å². The fraction of sp³-hybridized carbons (Fsp3) is 0.471. The van der Waals surface area contributed by atoms with E-state index in [-0.39, 0.29) is 12.5 Å². The summed E-state index contributed by atoms with van der Waals surface area (Å²) >= 11 is 1.82. The van der Waals surface area contributed by atoms with E-state index in [0.29, 0.717) is 6.61 Å². The number of carbonyl (C=O) groups excluding carboxylic acids is 1. The number of piperazine rings is 1. The molecule has 5 heteroatoms. The molecule has 1 aromatic carbocycles. The molecule has 2 aromatic rings. The number of benzene rings is 1. The minimum absolute atomic E-state index is 0.102. The van der Waals surface area contributed by atoms with Gasteiger partial charge in [0.2, 0.25) is 5.91 Å². The molecule has 0 spiro atoms. The molecule has 1 aliphatic heterocycles. The first-order chi connectivity index (χ1) is 10.7. The van der Waals surface area contributed by atoms with Gasteiger partial charge in [-0.2, -0.15) is 0 Å². The highest BCUT2D eigenvalue weighted by Crippen LogP contribution is 2.25. The lowest BCUT2D eigenvalue weighted by Crippen LogP contribution is -2.47. The van der Waals surface area contributed by atoms with Gasteiger partial charge >= 0.3 is 0 Å². The van der Waals surface area contributed by atoms with Gasteiger partial charge in [-0.05, 0) is 36.4 Å². The molecule has 1 N–H and O–H groups in total. The Kier molecular flexibility index (Phi) is 5.08. The van der Waals surface area contributed by atoms with Gasteiger partial charge < -0.3 is 15.0 Å². The number of thiophene rings is 1. The van der Waals surface area contributed by atoms with Crippen LogP contribution in [-0.2, 0) is 16.0 Å². The Morgan fingerprint density at radius 1 is 1.32 bits per heavy atom. The Labute approximate surface area is 135 Å². The first-order valence-corrected chi connectivity index (χ1v) is 8.59. The molecule has 0 radical (unpaired) electrons. The lowest BCUT2D eigenvalue weighted by atomic mass is 10.1. The number of rotatable bonds is 5. The fourth-order valence-electron chi connectivity index (χ4n) is 2.74. The first-order valence-electron chi connectivity index (χ1n) is 7.78. The van der Waals surface area contributed by atoms with Crippen molar-refractivity contribution in [1.82, 2.24) is 10.2 Å². The fourth-order valence-corrected chi connectivity index (χ4v) is 3.64. The average molecular weight is 318 g/mol. The second-order valence-electron chi connectivity index (χ2n) is 5.66. The van der Waals surface area contributed by atoms with Crippen LogP contribution in [0.5, 0.6) is 0 Å². The summed E-state index contributed by atoms with van der Waals surface area (Å²) in [4.78, 5) is 15.2. The summed E-state index contributed by atoms with van der Waals surface area (Å²) in [6, 6.07) is 8.77. The van der Waals surface area contributed by atoms with Crippen molar-refractivity contribution in [2.75, 3.05) is 39.4 Å². The first kappa shape index (κ1) is 15.5. The molecule has 1 amide bonds. The number of hydrogen-bond donors (Lipinski definition) is 1. The second kappa shape index (κ2) is 7.22. The standard InChI is InChI=1S/C17H22N2O2S/c1-13-10-15-11-14(2-3-16(15)22-13)4-9-21-12-17(20)19-7-5-18-6-8-19/h2-3,10-11,18H,4-9,12H2,1H3. The van der Waals surface area contributed by atoms with Gasteiger partial charge in [-0.25, -0.2) is 0 Å². The maximum atomic E-state index is 12.0. The molecule has 1 saturated heterocycles. The van der Waals surface area contributed by atoms with E-state index < -0.39 is 0 Å². The zero-order valence-electron chi connectivity index (χ0n) is 12.9. The predicted molar refractivity (Wildman–Crippen MR) is 90.5 cm³/mol. The Morgan fingerprint density at radius 3 is 2.95 bits per heavy atom. The number of hydrogen-bond acceptors (Lipinski definition) is 4. The van der Waals surface area contributed by atoms with Crippen molar-refractivity contribution in [2.45, 2.75) is 13.3 Å². The lowest BCUT2D eigenvalue weighted by molar-refractivity contribution is -0.136. The molecule has 1 aromatic heterocycles. The van der Waals surface area contributed by atoms with E-state index in [0.717, 1.165) is 32.6 Å². The summed E-state index contributed by atoms with van der Waals surface area (Å²) in [5.74, 6) is 0.102. The van der Waals surface area contributed by atoms with Crippen LogP contribution in [0.4, 0.5) is 0 Å². The lowest BCUT2D eigenvalue weighted by Gasteiger charge is -2.27. The third-order valence-corrected chi connectivity index (χ3v) is 4.97. The van der Waals surface area contributed by atoms with Gasteiger partial charge in [0.1, 0.15) is 6.61 Å². The van der Waals surface area contributed by atoms with Gasteiger partial charge in [-0.15, -0.1) is 11.3 Å². The number of carbonyl (C=O) groups is 1. The van der Waals surface area contributed by atoms with Crippen molar-refractivity contribution >= 4 is 27.3 Å². The number of nitrogens with one attached hydrogen (secondary N) is 1. The molecular weight excluding hydrogens is 296 g/mol.